The lowest BCUT2D eigenvalue weighted by atomic mass is 10.2. The van der Waals surface area contributed by atoms with Crippen LogP contribution in [0.3, 0.4) is 0 Å². The van der Waals surface area contributed by atoms with Crippen LogP contribution in [0.15, 0.2) is 18.2 Å². The first kappa shape index (κ1) is 12.5. The highest BCUT2D eigenvalue weighted by atomic mass is 35.5. The van der Waals surface area contributed by atoms with Crippen LogP contribution in [0.2, 0.25) is 10.0 Å². The van der Waals surface area contributed by atoms with E-state index in [0.717, 1.165) is 33.5 Å². The van der Waals surface area contributed by atoms with Gasteiger partial charge in [-0.2, -0.15) is 11.8 Å². The molecular weight excluding hydrogens is 259 g/mol. The molecule has 0 heterocycles. The SMILES string of the molecule is ClCCCSCc1c(Cl)cccc1Cl. The predicted molar refractivity (Wildman–Crippen MR) is 68.0 cm³/mol. The van der Waals surface area contributed by atoms with Crippen LogP contribution in [-0.4, -0.2) is 11.6 Å². The minimum atomic E-state index is 0.712. The summed E-state index contributed by atoms with van der Waals surface area (Å²) in [4.78, 5) is 0. The number of halogens is 3. The van der Waals surface area contributed by atoms with Crippen LogP contribution in [0.4, 0.5) is 0 Å². The molecule has 4 heteroatoms. The Morgan fingerprint density at radius 1 is 1.14 bits per heavy atom. The number of hydrogen-bond donors (Lipinski definition) is 0. The van der Waals surface area contributed by atoms with E-state index < -0.39 is 0 Å². The maximum Gasteiger partial charge on any atom is 0.0461 e. The fourth-order valence-electron chi connectivity index (χ4n) is 1.00. The van der Waals surface area contributed by atoms with E-state index >= 15 is 0 Å². The highest BCUT2D eigenvalue weighted by Gasteiger charge is 2.04. The van der Waals surface area contributed by atoms with E-state index in [2.05, 4.69) is 0 Å². The maximum atomic E-state index is 6.02. The zero-order valence-corrected chi connectivity index (χ0v) is 10.7. The summed E-state index contributed by atoms with van der Waals surface area (Å²) in [5.74, 6) is 2.61. The Morgan fingerprint density at radius 2 is 1.79 bits per heavy atom. The normalized spacial score (nSPS) is 10.5. The summed E-state index contributed by atoms with van der Waals surface area (Å²) in [6, 6.07) is 5.59. The van der Waals surface area contributed by atoms with E-state index in [4.69, 9.17) is 34.8 Å². The molecule has 1 aromatic rings. The molecule has 0 saturated carbocycles. The van der Waals surface area contributed by atoms with Gasteiger partial charge in [-0.3, -0.25) is 0 Å². The summed E-state index contributed by atoms with van der Waals surface area (Å²) in [6.45, 7) is 0. The number of rotatable bonds is 5. The molecule has 0 unspecified atom stereocenters. The molecule has 1 rings (SSSR count). The van der Waals surface area contributed by atoms with Gasteiger partial charge >= 0.3 is 0 Å². The smallest absolute Gasteiger partial charge is 0.0461 e. The fourth-order valence-corrected chi connectivity index (χ4v) is 2.99. The van der Waals surface area contributed by atoms with Gasteiger partial charge in [-0.25, -0.2) is 0 Å². The predicted octanol–water partition coefficient (Wildman–Crippen LogP) is 4.86. The van der Waals surface area contributed by atoms with Crippen molar-refractivity contribution in [3.63, 3.8) is 0 Å². The highest BCUT2D eigenvalue weighted by Crippen LogP contribution is 2.28. The van der Waals surface area contributed by atoms with E-state index in [0.29, 0.717) is 5.88 Å². The van der Waals surface area contributed by atoms with Crippen molar-refractivity contribution in [2.75, 3.05) is 11.6 Å². The second-order valence-electron chi connectivity index (χ2n) is 2.80. The molecule has 0 N–H and O–H groups in total. The third kappa shape index (κ3) is 3.90. The molecule has 0 saturated heterocycles. The van der Waals surface area contributed by atoms with Crippen LogP contribution < -0.4 is 0 Å². The van der Waals surface area contributed by atoms with Crippen molar-refractivity contribution in [1.29, 1.82) is 0 Å². The fraction of sp³-hybridized carbons (Fsp3) is 0.400. The lowest BCUT2D eigenvalue weighted by Gasteiger charge is -2.05. The molecule has 0 atom stereocenters. The van der Waals surface area contributed by atoms with Crippen molar-refractivity contribution in [1.82, 2.24) is 0 Å². The van der Waals surface area contributed by atoms with E-state index in [1.165, 1.54) is 0 Å². The lowest BCUT2D eigenvalue weighted by molar-refractivity contribution is 1.11. The summed E-state index contributed by atoms with van der Waals surface area (Å²) >= 11 is 19.4. The third-order valence-corrected chi connectivity index (χ3v) is 3.78. The Labute approximate surface area is 104 Å². The first-order valence-corrected chi connectivity index (χ1v) is 6.77. The van der Waals surface area contributed by atoms with Gasteiger partial charge in [-0.05, 0) is 29.9 Å². The van der Waals surface area contributed by atoms with Crippen LogP contribution in [-0.2, 0) is 5.75 Å². The Balaban J connectivity index is 2.49. The summed E-state index contributed by atoms with van der Waals surface area (Å²) in [6.07, 6.45) is 1.02. The molecule has 0 amide bonds. The standard InChI is InChI=1S/C10H11Cl3S/c11-5-2-6-14-7-8-9(12)3-1-4-10(8)13/h1,3-4H,2,5-7H2. The van der Waals surface area contributed by atoms with Gasteiger partial charge in [-0.15, -0.1) is 11.6 Å². The summed E-state index contributed by atoms with van der Waals surface area (Å²) in [7, 11) is 0. The zero-order chi connectivity index (χ0) is 10.4. The van der Waals surface area contributed by atoms with E-state index in [1.807, 2.05) is 18.2 Å². The molecule has 0 radical (unpaired) electrons. The number of alkyl halides is 1. The Hall–Kier alpha value is 0.440. The molecule has 1 aromatic carbocycles. The van der Waals surface area contributed by atoms with Crippen molar-refractivity contribution in [3.05, 3.63) is 33.8 Å². The molecule has 0 spiro atoms. The van der Waals surface area contributed by atoms with E-state index in [1.54, 1.807) is 11.8 Å². The molecule has 0 bridgehead atoms. The van der Waals surface area contributed by atoms with Gasteiger partial charge in [0, 0.05) is 21.7 Å². The van der Waals surface area contributed by atoms with Gasteiger partial charge in [0.05, 0.1) is 0 Å². The average molecular weight is 270 g/mol. The van der Waals surface area contributed by atoms with Crippen LogP contribution in [0, 0.1) is 0 Å². The first-order chi connectivity index (χ1) is 6.75. The number of thioether (sulfide) groups is 1. The lowest BCUT2D eigenvalue weighted by Crippen LogP contribution is -1.87. The van der Waals surface area contributed by atoms with Gasteiger partial charge in [0.15, 0.2) is 0 Å². The van der Waals surface area contributed by atoms with E-state index in [9.17, 15) is 0 Å². The minimum absolute atomic E-state index is 0.712. The van der Waals surface area contributed by atoms with Gasteiger partial charge in [-0.1, -0.05) is 29.3 Å². The van der Waals surface area contributed by atoms with Crippen molar-refractivity contribution >= 4 is 46.6 Å². The zero-order valence-electron chi connectivity index (χ0n) is 7.60. The van der Waals surface area contributed by atoms with Gasteiger partial charge < -0.3 is 0 Å². The highest BCUT2D eigenvalue weighted by molar-refractivity contribution is 7.98. The molecule has 0 aliphatic carbocycles. The molecule has 0 aromatic heterocycles. The molecule has 0 aliphatic rings. The average Bonchev–Trinajstić information content (AvgIpc) is 2.16. The first-order valence-electron chi connectivity index (χ1n) is 4.32. The van der Waals surface area contributed by atoms with Crippen molar-refractivity contribution < 1.29 is 0 Å². The Kier molecular flexibility index (Phi) is 6.11. The van der Waals surface area contributed by atoms with Crippen molar-refractivity contribution in [2.24, 2.45) is 0 Å². The Bertz CT molecular complexity index is 268. The molecule has 0 nitrogen and oxygen atoms in total. The summed E-state index contributed by atoms with van der Waals surface area (Å²) < 4.78 is 0. The van der Waals surface area contributed by atoms with Crippen LogP contribution >= 0.6 is 46.6 Å². The Morgan fingerprint density at radius 3 is 2.36 bits per heavy atom. The summed E-state index contributed by atoms with van der Waals surface area (Å²) in [5, 5.41) is 1.49. The minimum Gasteiger partial charge on any atom is -0.157 e. The molecule has 78 valence electrons. The molecule has 14 heavy (non-hydrogen) atoms. The number of benzene rings is 1. The second kappa shape index (κ2) is 6.84. The summed E-state index contributed by atoms with van der Waals surface area (Å²) in [5.41, 5.74) is 1.02. The van der Waals surface area contributed by atoms with Crippen molar-refractivity contribution in [2.45, 2.75) is 12.2 Å². The van der Waals surface area contributed by atoms with Crippen molar-refractivity contribution in [3.8, 4) is 0 Å². The topological polar surface area (TPSA) is 0 Å². The molecule has 0 fully saturated rings. The van der Waals surface area contributed by atoms with Crippen LogP contribution in [0.25, 0.3) is 0 Å². The largest absolute Gasteiger partial charge is 0.157 e. The van der Waals surface area contributed by atoms with Gasteiger partial charge in [0.25, 0.3) is 0 Å². The molecule has 0 aliphatic heterocycles. The monoisotopic (exact) mass is 268 g/mol. The van der Waals surface area contributed by atoms with Crippen LogP contribution in [0.5, 0.6) is 0 Å². The third-order valence-electron chi connectivity index (χ3n) is 1.73. The maximum absolute atomic E-state index is 6.02. The molecular formula is C10H11Cl3S. The van der Waals surface area contributed by atoms with Crippen LogP contribution in [0.1, 0.15) is 12.0 Å². The van der Waals surface area contributed by atoms with Gasteiger partial charge in [0.1, 0.15) is 0 Å². The number of hydrogen-bond acceptors (Lipinski definition) is 1. The second-order valence-corrected chi connectivity index (χ2v) is 5.09. The quantitative estimate of drug-likeness (QED) is 0.543. The van der Waals surface area contributed by atoms with Gasteiger partial charge in [0.2, 0.25) is 0 Å². The van der Waals surface area contributed by atoms with E-state index in [-0.39, 0.29) is 0 Å².